The third kappa shape index (κ3) is 4.51. The van der Waals surface area contributed by atoms with Crippen LogP contribution in [0.2, 0.25) is 0 Å². The van der Waals surface area contributed by atoms with Gasteiger partial charge in [0.15, 0.2) is 11.5 Å². The van der Waals surface area contributed by atoms with Gasteiger partial charge in [0, 0.05) is 18.8 Å². The average Bonchev–Trinajstić information content (AvgIpc) is 2.62. The Hall–Kier alpha value is -2.74. The van der Waals surface area contributed by atoms with E-state index in [-0.39, 0.29) is 11.3 Å². The first-order valence-corrected chi connectivity index (χ1v) is 10.0. The Kier molecular flexibility index (Phi) is 6.00. The molecule has 27 heavy (non-hydrogen) atoms. The molecule has 0 saturated carbocycles. The van der Waals surface area contributed by atoms with Crippen LogP contribution in [0, 0.1) is 13.8 Å². The van der Waals surface area contributed by atoms with Crippen LogP contribution in [0.15, 0.2) is 30.3 Å². The number of aryl methyl sites for hydroxylation is 2. The highest BCUT2D eigenvalue weighted by Gasteiger charge is 2.24. The fourth-order valence-electron chi connectivity index (χ4n) is 2.55. The van der Waals surface area contributed by atoms with E-state index in [1.807, 2.05) is 32.0 Å². The lowest BCUT2D eigenvalue weighted by Gasteiger charge is -2.22. The molecule has 146 valence electrons. The molecule has 0 aliphatic heterocycles. The van der Waals surface area contributed by atoms with Gasteiger partial charge in [0.2, 0.25) is 10.0 Å². The van der Waals surface area contributed by atoms with Crippen molar-refractivity contribution in [3.63, 3.8) is 0 Å². The number of sulfonamides is 1. The normalized spacial score (nSPS) is 11.0. The Balaban J connectivity index is 2.58. The monoisotopic (exact) mass is 392 g/mol. The summed E-state index contributed by atoms with van der Waals surface area (Å²) < 4.78 is 35.6. The van der Waals surface area contributed by atoms with Crippen LogP contribution in [0.25, 0.3) is 0 Å². The minimum absolute atomic E-state index is 0.154. The number of carbonyl (C=O) groups excluding carboxylic acids is 1. The van der Waals surface area contributed by atoms with Crippen molar-refractivity contribution in [2.45, 2.75) is 13.8 Å². The summed E-state index contributed by atoms with van der Waals surface area (Å²) in [6.07, 6.45) is 1.07. The largest absolute Gasteiger partial charge is 0.493 e. The highest BCUT2D eigenvalue weighted by Crippen LogP contribution is 2.36. The van der Waals surface area contributed by atoms with E-state index < -0.39 is 15.9 Å². The van der Waals surface area contributed by atoms with Gasteiger partial charge in [-0.1, -0.05) is 12.1 Å². The summed E-state index contributed by atoms with van der Waals surface area (Å²) in [6.45, 7) is 3.81. The average molecular weight is 392 g/mol. The van der Waals surface area contributed by atoms with E-state index in [4.69, 9.17) is 9.47 Å². The number of carbonyl (C=O) groups is 1. The SMILES string of the molecule is COc1cc(C(=O)Nc2cc(C)ccc2C)c(N(C)S(C)(=O)=O)cc1OC. The molecule has 2 aromatic carbocycles. The van der Waals surface area contributed by atoms with Gasteiger partial charge in [-0.25, -0.2) is 8.42 Å². The zero-order valence-electron chi connectivity index (χ0n) is 16.3. The Labute approximate surface area is 160 Å². The van der Waals surface area contributed by atoms with Gasteiger partial charge in [-0.05, 0) is 37.1 Å². The topological polar surface area (TPSA) is 84.9 Å². The number of anilines is 2. The lowest BCUT2D eigenvalue weighted by Crippen LogP contribution is -2.28. The van der Waals surface area contributed by atoms with Crippen LogP contribution in [0.3, 0.4) is 0 Å². The molecular weight excluding hydrogens is 368 g/mol. The van der Waals surface area contributed by atoms with E-state index in [0.29, 0.717) is 17.2 Å². The minimum Gasteiger partial charge on any atom is -0.493 e. The molecule has 0 saturated heterocycles. The summed E-state index contributed by atoms with van der Waals surface area (Å²) in [5.74, 6) is 0.204. The van der Waals surface area contributed by atoms with E-state index in [0.717, 1.165) is 21.7 Å². The van der Waals surface area contributed by atoms with Crippen LogP contribution in [0.4, 0.5) is 11.4 Å². The summed E-state index contributed by atoms with van der Waals surface area (Å²) in [4.78, 5) is 13.0. The number of nitrogens with one attached hydrogen (secondary N) is 1. The van der Waals surface area contributed by atoms with Crippen LogP contribution < -0.4 is 19.1 Å². The molecule has 0 aromatic heterocycles. The number of methoxy groups -OCH3 is 2. The number of rotatable bonds is 6. The number of hydrogen-bond acceptors (Lipinski definition) is 5. The maximum Gasteiger partial charge on any atom is 0.257 e. The van der Waals surface area contributed by atoms with Crippen molar-refractivity contribution < 1.29 is 22.7 Å². The first-order chi connectivity index (χ1) is 12.6. The number of hydrogen-bond donors (Lipinski definition) is 1. The third-order valence-electron chi connectivity index (χ3n) is 4.22. The smallest absolute Gasteiger partial charge is 0.257 e. The Morgan fingerprint density at radius 2 is 1.63 bits per heavy atom. The second-order valence-electron chi connectivity index (χ2n) is 6.23. The third-order valence-corrected chi connectivity index (χ3v) is 5.42. The molecule has 0 radical (unpaired) electrons. The quantitative estimate of drug-likeness (QED) is 0.817. The number of nitrogens with zero attached hydrogens (tertiary/aromatic N) is 1. The lowest BCUT2D eigenvalue weighted by atomic mass is 10.1. The molecule has 0 bridgehead atoms. The van der Waals surface area contributed by atoms with Crippen LogP contribution in [-0.2, 0) is 10.0 Å². The number of ether oxygens (including phenoxy) is 2. The van der Waals surface area contributed by atoms with Crippen molar-refractivity contribution in [3.8, 4) is 11.5 Å². The van der Waals surface area contributed by atoms with Crippen LogP contribution in [0.1, 0.15) is 21.5 Å². The van der Waals surface area contributed by atoms with E-state index in [1.54, 1.807) is 0 Å². The molecule has 0 fully saturated rings. The molecule has 0 heterocycles. The number of amides is 1. The van der Waals surface area contributed by atoms with Gasteiger partial charge in [-0.2, -0.15) is 0 Å². The van der Waals surface area contributed by atoms with Gasteiger partial charge in [0.25, 0.3) is 5.91 Å². The maximum absolute atomic E-state index is 13.0. The minimum atomic E-state index is -3.59. The Bertz CT molecular complexity index is 970. The molecule has 0 aliphatic carbocycles. The van der Waals surface area contributed by atoms with Crippen LogP contribution in [-0.4, -0.2) is 41.8 Å². The molecule has 1 amide bonds. The van der Waals surface area contributed by atoms with Gasteiger partial charge in [0.05, 0.1) is 31.7 Å². The van der Waals surface area contributed by atoms with Crippen LogP contribution >= 0.6 is 0 Å². The highest BCUT2D eigenvalue weighted by molar-refractivity contribution is 7.92. The first-order valence-electron chi connectivity index (χ1n) is 8.17. The molecule has 1 N–H and O–H groups in total. The van der Waals surface area contributed by atoms with E-state index in [1.165, 1.54) is 33.4 Å². The molecule has 2 aromatic rings. The molecule has 0 spiro atoms. The highest BCUT2D eigenvalue weighted by atomic mass is 32.2. The molecule has 8 heteroatoms. The van der Waals surface area contributed by atoms with Crippen molar-refractivity contribution in [3.05, 3.63) is 47.0 Å². The predicted octanol–water partition coefficient (Wildman–Crippen LogP) is 2.97. The zero-order valence-corrected chi connectivity index (χ0v) is 17.1. The van der Waals surface area contributed by atoms with Crippen molar-refractivity contribution >= 4 is 27.3 Å². The Morgan fingerprint density at radius 1 is 1.04 bits per heavy atom. The second kappa shape index (κ2) is 7.87. The molecular formula is C19H24N2O5S. The van der Waals surface area contributed by atoms with Gasteiger partial charge >= 0.3 is 0 Å². The zero-order chi connectivity index (χ0) is 20.4. The van der Waals surface area contributed by atoms with Gasteiger partial charge < -0.3 is 14.8 Å². The van der Waals surface area contributed by atoms with Crippen molar-refractivity contribution in [2.24, 2.45) is 0 Å². The molecule has 0 unspecified atom stereocenters. The second-order valence-corrected chi connectivity index (χ2v) is 8.24. The molecule has 0 atom stereocenters. The number of benzene rings is 2. The van der Waals surface area contributed by atoms with Gasteiger partial charge in [-0.3, -0.25) is 9.10 Å². The summed E-state index contributed by atoms with van der Waals surface area (Å²) in [7, 11) is 0.684. The fourth-order valence-corrected chi connectivity index (χ4v) is 3.06. The summed E-state index contributed by atoms with van der Waals surface area (Å²) in [5.41, 5.74) is 2.89. The van der Waals surface area contributed by atoms with E-state index in [2.05, 4.69) is 5.32 Å². The molecule has 2 rings (SSSR count). The van der Waals surface area contributed by atoms with Gasteiger partial charge in [0.1, 0.15) is 0 Å². The lowest BCUT2D eigenvalue weighted by molar-refractivity contribution is 0.102. The first kappa shape index (κ1) is 20.6. The summed E-state index contributed by atoms with van der Waals surface area (Å²) in [6, 6.07) is 8.65. The van der Waals surface area contributed by atoms with Crippen molar-refractivity contribution in [1.29, 1.82) is 0 Å². The molecule has 7 nitrogen and oxygen atoms in total. The van der Waals surface area contributed by atoms with Gasteiger partial charge in [-0.15, -0.1) is 0 Å². The maximum atomic E-state index is 13.0. The van der Waals surface area contributed by atoms with Crippen LogP contribution in [0.5, 0.6) is 11.5 Å². The summed E-state index contributed by atoms with van der Waals surface area (Å²) >= 11 is 0. The summed E-state index contributed by atoms with van der Waals surface area (Å²) in [5, 5.41) is 2.85. The van der Waals surface area contributed by atoms with E-state index >= 15 is 0 Å². The van der Waals surface area contributed by atoms with Crippen molar-refractivity contribution in [1.82, 2.24) is 0 Å². The van der Waals surface area contributed by atoms with Crippen molar-refractivity contribution in [2.75, 3.05) is 37.1 Å². The predicted molar refractivity (Wildman–Crippen MR) is 107 cm³/mol. The van der Waals surface area contributed by atoms with E-state index in [9.17, 15) is 13.2 Å². The Morgan fingerprint density at radius 3 is 2.19 bits per heavy atom. The fraction of sp³-hybridized carbons (Fsp3) is 0.316. The molecule has 0 aliphatic rings. The standard InChI is InChI=1S/C19H24N2O5S/c1-12-7-8-13(2)15(9-12)20-19(22)14-10-17(25-4)18(26-5)11-16(14)21(3)27(6,23)24/h7-11H,1-6H3,(H,20,22).